The zero-order chi connectivity index (χ0) is 15.2. The Hall–Kier alpha value is -2.14. The Morgan fingerprint density at radius 3 is 2.68 bits per heavy atom. The summed E-state index contributed by atoms with van der Waals surface area (Å²) in [5.41, 5.74) is 1.38. The van der Waals surface area contributed by atoms with Crippen LogP contribution in [0.2, 0.25) is 0 Å². The predicted octanol–water partition coefficient (Wildman–Crippen LogP) is 2.26. The van der Waals surface area contributed by atoms with E-state index in [1.807, 2.05) is 0 Å². The van der Waals surface area contributed by atoms with Crippen LogP contribution >= 0.6 is 0 Å². The number of benzene rings is 1. The minimum atomic E-state index is 0.405. The minimum absolute atomic E-state index is 0.405. The molecule has 2 aromatic rings. The van der Waals surface area contributed by atoms with Crippen LogP contribution in [0.3, 0.4) is 0 Å². The molecule has 3 rings (SSSR count). The molecule has 0 spiro atoms. The first kappa shape index (κ1) is 14.8. The molecule has 1 N–H and O–H groups in total. The molecule has 0 amide bonds. The van der Waals surface area contributed by atoms with Crippen molar-refractivity contribution in [2.45, 2.75) is 12.3 Å². The quantitative estimate of drug-likeness (QED) is 0.918. The summed E-state index contributed by atoms with van der Waals surface area (Å²) in [6.07, 6.45) is 4.34. The van der Waals surface area contributed by atoms with Gasteiger partial charge in [0.15, 0.2) is 0 Å². The van der Waals surface area contributed by atoms with E-state index in [4.69, 9.17) is 9.47 Å². The van der Waals surface area contributed by atoms with Crippen LogP contribution in [0.5, 0.6) is 11.8 Å². The number of piperidine rings is 1. The first-order chi connectivity index (χ1) is 10.9. The van der Waals surface area contributed by atoms with E-state index in [1.165, 1.54) is 5.56 Å². The number of nitrogens with one attached hydrogen (secondary N) is 1. The van der Waals surface area contributed by atoms with Crippen molar-refractivity contribution in [1.29, 1.82) is 0 Å². The highest BCUT2D eigenvalue weighted by Crippen LogP contribution is 2.31. The molecule has 0 saturated carbocycles. The fraction of sp³-hybridized carbons (Fsp3) is 0.412. The third-order valence-electron chi connectivity index (χ3n) is 4.10. The average Bonchev–Trinajstić information content (AvgIpc) is 2.61. The molecule has 2 atom stereocenters. The van der Waals surface area contributed by atoms with Crippen LogP contribution in [0.25, 0.3) is 0 Å². The summed E-state index contributed by atoms with van der Waals surface area (Å²) in [7, 11) is 1.58. The van der Waals surface area contributed by atoms with E-state index in [-0.39, 0.29) is 0 Å². The Bertz CT molecular complexity index is 591. The second-order valence-corrected chi connectivity index (χ2v) is 5.45. The van der Waals surface area contributed by atoms with Crippen molar-refractivity contribution in [3.63, 3.8) is 0 Å². The molecule has 0 bridgehead atoms. The fourth-order valence-electron chi connectivity index (χ4n) is 2.97. The standard InChI is InChI=1S/C17H21N3O2/c1-21-16-17(20-10-9-19-16)22-12-14-11-18-8-7-15(14)13-5-3-2-4-6-13/h2-6,9-10,14-15,18H,7-8,11-12H2,1H3/t14-,15-/m0/s1. The Kier molecular flexibility index (Phi) is 4.85. The van der Waals surface area contributed by atoms with Crippen molar-refractivity contribution < 1.29 is 9.47 Å². The lowest BCUT2D eigenvalue weighted by molar-refractivity contribution is 0.184. The third kappa shape index (κ3) is 3.36. The van der Waals surface area contributed by atoms with Crippen molar-refractivity contribution >= 4 is 0 Å². The first-order valence-electron chi connectivity index (χ1n) is 7.62. The van der Waals surface area contributed by atoms with Gasteiger partial charge >= 0.3 is 0 Å². The van der Waals surface area contributed by atoms with E-state index in [1.54, 1.807) is 19.5 Å². The molecule has 2 heterocycles. The lowest BCUT2D eigenvalue weighted by Crippen LogP contribution is -2.38. The van der Waals surface area contributed by atoms with E-state index in [9.17, 15) is 0 Å². The summed E-state index contributed by atoms with van der Waals surface area (Å²) in [5, 5.41) is 3.45. The van der Waals surface area contributed by atoms with E-state index in [0.717, 1.165) is 19.5 Å². The molecule has 116 valence electrons. The number of aromatic nitrogens is 2. The van der Waals surface area contributed by atoms with Gasteiger partial charge in [0.1, 0.15) is 0 Å². The van der Waals surface area contributed by atoms with Crippen molar-refractivity contribution in [2.24, 2.45) is 5.92 Å². The van der Waals surface area contributed by atoms with Gasteiger partial charge in [-0.2, -0.15) is 0 Å². The topological polar surface area (TPSA) is 56.3 Å². The Balaban J connectivity index is 1.69. The smallest absolute Gasteiger partial charge is 0.278 e. The maximum atomic E-state index is 5.88. The van der Waals surface area contributed by atoms with Crippen LogP contribution in [0, 0.1) is 5.92 Å². The maximum absolute atomic E-state index is 5.88. The third-order valence-corrected chi connectivity index (χ3v) is 4.10. The number of hydrogen-bond acceptors (Lipinski definition) is 5. The van der Waals surface area contributed by atoms with Gasteiger partial charge in [-0.25, -0.2) is 9.97 Å². The maximum Gasteiger partial charge on any atom is 0.278 e. The summed E-state index contributed by atoms with van der Waals surface area (Å²) in [4.78, 5) is 8.31. The zero-order valence-corrected chi connectivity index (χ0v) is 12.7. The number of hydrogen-bond donors (Lipinski definition) is 1. The van der Waals surface area contributed by atoms with Gasteiger partial charge in [-0.1, -0.05) is 30.3 Å². The van der Waals surface area contributed by atoms with Crippen LogP contribution in [0.4, 0.5) is 0 Å². The van der Waals surface area contributed by atoms with Crippen molar-refractivity contribution in [2.75, 3.05) is 26.8 Å². The molecule has 1 fully saturated rings. The van der Waals surface area contributed by atoms with Gasteiger partial charge in [0.05, 0.1) is 13.7 Å². The van der Waals surface area contributed by atoms with Crippen molar-refractivity contribution in [3.05, 3.63) is 48.3 Å². The molecule has 1 aromatic heterocycles. The highest BCUT2D eigenvalue weighted by Gasteiger charge is 2.27. The zero-order valence-electron chi connectivity index (χ0n) is 12.7. The van der Waals surface area contributed by atoms with E-state index in [0.29, 0.717) is 30.2 Å². The molecule has 0 unspecified atom stereocenters. The molecule has 1 aromatic carbocycles. The monoisotopic (exact) mass is 299 g/mol. The van der Waals surface area contributed by atoms with Crippen LogP contribution in [0.15, 0.2) is 42.7 Å². The second-order valence-electron chi connectivity index (χ2n) is 5.45. The van der Waals surface area contributed by atoms with Crippen molar-refractivity contribution in [3.8, 4) is 11.8 Å². The Labute approximate surface area is 130 Å². The molecule has 0 radical (unpaired) electrons. The lowest BCUT2D eigenvalue weighted by atomic mass is 9.81. The van der Waals surface area contributed by atoms with Gasteiger partial charge in [0, 0.05) is 24.9 Å². The predicted molar refractivity (Wildman–Crippen MR) is 84.2 cm³/mol. The van der Waals surface area contributed by atoms with E-state index in [2.05, 4.69) is 45.6 Å². The SMILES string of the molecule is COc1nccnc1OC[C@@H]1CNCC[C@H]1c1ccccc1. The minimum Gasteiger partial charge on any atom is -0.477 e. The largest absolute Gasteiger partial charge is 0.477 e. The molecule has 5 nitrogen and oxygen atoms in total. The van der Waals surface area contributed by atoms with Gasteiger partial charge in [-0.3, -0.25) is 0 Å². The van der Waals surface area contributed by atoms with Crippen LogP contribution in [-0.4, -0.2) is 36.8 Å². The van der Waals surface area contributed by atoms with Gasteiger partial charge in [-0.15, -0.1) is 0 Å². The van der Waals surface area contributed by atoms with Crippen LogP contribution in [-0.2, 0) is 0 Å². The molecular formula is C17H21N3O2. The van der Waals surface area contributed by atoms with Gasteiger partial charge in [0.2, 0.25) is 0 Å². The van der Waals surface area contributed by atoms with Gasteiger partial charge < -0.3 is 14.8 Å². The van der Waals surface area contributed by atoms with Crippen LogP contribution in [0.1, 0.15) is 17.9 Å². The summed E-state index contributed by atoms with van der Waals surface area (Å²) < 4.78 is 11.1. The number of nitrogens with zero attached hydrogens (tertiary/aromatic N) is 2. The summed E-state index contributed by atoms with van der Waals surface area (Å²) >= 11 is 0. The second kappa shape index (κ2) is 7.22. The normalized spacial score (nSPS) is 21.3. The fourth-order valence-corrected chi connectivity index (χ4v) is 2.97. The van der Waals surface area contributed by atoms with Crippen molar-refractivity contribution in [1.82, 2.24) is 15.3 Å². The van der Waals surface area contributed by atoms with Crippen LogP contribution < -0.4 is 14.8 Å². The summed E-state index contributed by atoms with van der Waals surface area (Å²) in [6, 6.07) is 10.7. The molecule has 1 aliphatic heterocycles. The van der Waals surface area contributed by atoms with Gasteiger partial charge in [-0.05, 0) is 24.4 Å². The van der Waals surface area contributed by atoms with Gasteiger partial charge in [0.25, 0.3) is 11.8 Å². The Morgan fingerprint density at radius 1 is 1.14 bits per heavy atom. The highest BCUT2D eigenvalue weighted by molar-refractivity contribution is 5.24. The summed E-state index contributed by atoms with van der Waals surface area (Å²) in [5.74, 6) is 1.80. The highest BCUT2D eigenvalue weighted by atomic mass is 16.5. The molecule has 5 heteroatoms. The summed E-state index contributed by atoms with van der Waals surface area (Å²) in [6.45, 7) is 2.59. The first-order valence-corrected chi connectivity index (χ1v) is 7.62. The molecule has 0 aliphatic carbocycles. The average molecular weight is 299 g/mol. The number of methoxy groups -OCH3 is 1. The lowest BCUT2D eigenvalue weighted by Gasteiger charge is -2.32. The Morgan fingerprint density at radius 2 is 1.91 bits per heavy atom. The molecular weight excluding hydrogens is 278 g/mol. The number of ether oxygens (including phenoxy) is 2. The molecule has 1 saturated heterocycles. The van der Waals surface area contributed by atoms with E-state index < -0.39 is 0 Å². The molecule has 22 heavy (non-hydrogen) atoms. The molecule has 1 aliphatic rings. The van der Waals surface area contributed by atoms with E-state index >= 15 is 0 Å². The number of rotatable bonds is 5.